The Balaban J connectivity index is -0.000000366. The van der Waals surface area contributed by atoms with Crippen LogP contribution in [0.15, 0.2) is 0 Å². The van der Waals surface area contributed by atoms with Gasteiger partial charge in [0.2, 0.25) is 0 Å². The summed E-state index contributed by atoms with van der Waals surface area (Å²) in [6, 6.07) is 0. The Kier molecular flexibility index (Phi) is 25.8. The Hall–Kier alpha value is -0.700. The van der Waals surface area contributed by atoms with Crippen LogP contribution in [0.3, 0.4) is 0 Å². The van der Waals surface area contributed by atoms with Gasteiger partial charge in [-0.15, -0.1) is 0 Å². The first-order chi connectivity index (χ1) is 12.1. The highest BCUT2D eigenvalue weighted by atomic mass is 32.3. The Morgan fingerprint density at radius 2 is 1.04 bits per heavy atom. The Morgan fingerprint density at radius 3 is 1.27 bits per heavy atom. The number of unbranched alkanes of at least 4 members (excludes halogenated alkanes) is 8. The third kappa shape index (κ3) is 43.6. The summed E-state index contributed by atoms with van der Waals surface area (Å²) in [6.45, 7) is 12.4. The second-order valence-corrected chi connectivity index (χ2v) is 6.94. The van der Waals surface area contributed by atoms with Crippen LogP contribution < -0.4 is 0 Å². The van der Waals surface area contributed by atoms with Crippen molar-refractivity contribution >= 4 is 16.4 Å². The highest BCUT2D eigenvalue weighted by Crippen LogP contribution is 2.10. The standard InChI is InChI=1S/C12H24O2.C6H15N.H2O4S/c1-2-3-4-5-6-7-8-9-10-11-12(13)14;1-4-7(5-2)6-3;1-5(2,3)4/h2-11H2,1H3,(H,13,14);4-6H2,1-3H3;(H2,1,2,3,4). The lowest BCUT2D eigenvalue weighted by atomic mass is 10.1. The molecule has 0 aromatic heterocycles. The van der Waals surface area contributed by atoms with Gasteiger partial charge in [0, 0.05) is 6.42 Å². The van der Waals surface area contributed by atoms with E-state index in [1.54, 1.807) is 0 Å². The van der Waals surface area contributed by atoms with Crippen LogP contribution in [-0.4, -0.2) is 53.1 Å². The molecule has 0 unspecified atom stereocenters. The zero-order chi connectivity index (χ0) is 20.8. The molecule has 8 heteroatoms. The van der Waals surface area contributed by atoms with Crippen LogP contribution in [0, 0.1) is 0 Å². The van der Waals surface area contributed by atoms with E-state index in [4.69, 9.17) is 22.6 Å². The van der Waals surface area contributed by atoms with Crippen molar-refractivity contribution in [3.8, 4) is 0 Å². The smallest absolute Gasteiger partial charge is 0.394 e. The molecular formula is C18H41NO6S. The number of carbonyl (C=O) groups is 1. The predicted molar refractivity (Wildman–Crippen MR) is 107 cm³/mol. The molecule has 0 amide bonds. The highest BCUT2D eigenvalue weighted by molar-refractivity contribution is 7.79. The maximum absolute atomic E-state index is 10.2. The summed E-state index contributed by atoms with van der Waals surface area (Å²) in [4.78, 5) is 12.6. The van der Waals surface area contributed by atoms with Crippen LogP contribution in [0.2, 0.25) is 0 Å². The zero-order valence-electron chi connectivity index (χ0n) is 17.1. The van der Waals surface area contributed by atoms with E-state index in [9.17, 15) is 4.79 Å². The number of hydrogen-bond donors (Lipinski definition) is 3. The van der Waals surface area contributed by atoms with E-state index in [-0.39, 0.29) is 0 Å². The fourth-order valence-corrected chi connectivity index (χ4v) is 2.26. The number of carboxylic acids is 1. The van der Waals surface area contributed by atoms with Crippen LogP contribution >= 0.6 is 0 Å². The van der Waals surface area contributed by atoms with E-state index in [2.05, 4.69) is 32.6 Å². The van der Waals surface area contributed by atoms with Gasteiger partial charge in [-0.05, 0) is 26.1 Å². The molecule has 0 aromatic rings. The van der Waals surface area contributed by atoms with Crippen LogP contribution in [0.4, 0.5) is 0 Å². The Morgan fingerprint density at radius 1 is 0.731 bits per heavy atom. The van der Waals surface area contributed by atoms with Crippen molar-refractivity contribution in [1.29, 1.82) is 0 Å². The second kappa shape index (κ2) is 22.3. The molecule has 0 rings (SSSR count). The minimum absolute atomic E-state index is 0.343. The molecular weight excluding hydrogens is 358 g/mol. The van der Waals surface area contributed by atoms with Gasteiger partial charge < -0.3 is 10.0 Å². The SMILES string of the molecule is CCCCCCCCCCCC(=O)O.CCN(CC)CC.O=S(=O)(O)O. The summed E-state index contributed by atoms with van der Waals surface area (Å²) in [5.74, 6) is -0.659. The summed E-state index contributed by atoms with van der Waals surface area (Å²) in [7, 11) is -4.67. The van der Waals surface area contributed by atoms with E-state index in [0.717, 1.165) is 12.8 Å². The Labute approximate surface area is 160 Å². The number of nitrogens with zero attached hydrogens (tertiary/aromatic N) is 1. The number of carboxylic acid groups (broad SMARTS) is 1. The molecule has 0 aliphatic carbocycles. The fourth-order valence-electron chi connectivity index (χ4n) is 2.26. The van der Waals surface area contributed by atoms with Gasteiger partial charge in [0.15, 0.2) is 0 Å². The summed E-state index contributed by atoms with van der Waals surface area (Å²) < 4.78 is 31.6. The van der Waals surface area contributed by atoms with Crippen molar-refractivity contribution in [3.05, 3.63) is 0 Å². The molecule has 0 bridgehead atoms. The van der Waals surface area contributed by atoms with E-state index in [0.29, 0.717) is 6.42 Å². The molecule has 0 aliphatic rings. The summed E-state index contributed by atoms with van der Waals surface area (Å²) >= 11 is 0. The monoisotopic (exact) mass is 399 g/mol. The maximum Gasteiger partial charge on any atom is 0.394 e. The third-order valence-corrected chi connectivity index (χ3v) is 3.84. The molecule has 3 N–H and O–H groups in total. The molecule has 0 heterocycles. The topological polar surface area (TPSA) is 115 Å². The van der Waals surface area contributed by atoms with Crippen molar-refractivity contribution in [2.45, 2.75) is 91.9 Å². The van der Waals surface area contributed by atoms with Crippen molar-refractivity contribution in [1.82, 2.24) is 4.90 Å². The summed E-state index contributed by atoms with van der Waals surface area (Å²) in [5, 5.41) is 8.41. The van der Waals surface area contributed by atoms with E-state index in [1.165, 1.54) is 64.6 Å². The highest BCUT2D eigenvalue weighted by Gasteiger charge is 1.96. The average Bonchev–Trinajstić information content (AvgIpc) is 2.54. The van der Waals surface area contributed by atoms with Crippen molar-refractivity contribution in [2.24, 2.45) is 0 Å². The first kappa shape index (κ1) is 30.0. The second-order valence-electron chi connectivity index (χ2n) is 6.04. The number of aliphatic carboxylic acids is 1. The minimum Gasteiger partial charge on any atom is -0.481 e. The molecule has 7 nitrogen and oxygen atoms in total. The van der Waals surface area contributed by atoms with Crippen molar-refractivity contribution < 1.29 is 27.4 Å². The van der Waals surface area contributed by atoms with E-state index >= 15 is 0 Å². The van der Waals surface area contributed by atoms with E-state index in [1.807, 2.05) is 0 Å². The average molecular weight is 400 g/mol. The largest absolute Gasteiger partial charge is 0.481 e. The molecule has 0 atom stereocenters. The van der Waals surface area contributed by atoms with Gasteiger partial charge in [0.25, 0.3) is 0 Å². The molecule has 160 valence electrons. The van der Waals surface area contributed by atoms with Crippen LogP contribution in [0.1, 0.15) is 91.9 Å². The van der Waals surface area contributed by atoms with Gasteiger partial charge >= 0.3 is 16.4 Å². The molecule has 0 aromatic carbocycles. The lowest BCUT2D eigenvalue weighted by Gasteiger charge is -2.13. The maximum atomic E-state index is 10.2. The first-order valence-electron chi connectivity index (χ1n) is 9.76. The molecule has 26 heavy (non-hydrogen) atoms. The molecule has 0 fully saturated rings. The van der Waals surface area contributed by atoms with Crippen LogP contribution in [-0.2, 0) is 15.2 Å². The van der Waals surface area contributed by atoms with Crippen LogP contribution in [0.5, 0.6) is 0 Å². The van der Waals surface area contributed by atoms with Gasteiger partial charge in [0.1, 0.15) is 0 Å². The van der Waals surface area contributed by atoms with Gasteiger partial charge in [-0.25, -0.2) is 0 Å². The van der Waals surface area contributed by atoms with Gasteiger partial charge in [0.05, 0.1) is 0 Å². The molecule has 0 radical (unpaired) electrons. The molecule has 0 aliphatic heterocycles. The van der Waals surface area contributed by atoms with Gasteiger partial charge in [-0.2, -0.15) is 8.42 Å². The van der Waals surface area contributed by atoms with Crippen molar-refractivity contribution in [2.75, 3.05) is 19.6 Å². The lowest BCUT2D eigenvalue weighted by molar-refractivity contribution is -0.137. The quantitative estimate of drug-likeness (QED) is 0.304. The number of hydrogen-bond acceptors (Lipinski definition) is 4. The number of rotatable bonds is 13. The van der Waals surface area contributed by atoms with Gasteiger partial charge in [-0.3, -0.25) is 13.9 Å². The molecule has 0 spiro atoms. The summed E-state index contributed by atoms with van der Waals surface area (Å²) in [5.41, 5.74) is 0. The lowest BCUT2D eigenvalue weighted by Crippen LogP contribution is -2.21. The zero-order valence-corrected chi connectivity index (χ0v) is 17.9. The normalized spacial score (nSPS) is 10.6. The Bertz CT molecular complexity index is 370. The summed E-state index contributed by atoms with van der Waals surface area (Å²) in [6.07, 6.45) is 11.5. The molecule has 0 saturated heterocycles. The predicted octanol–water partition coefficient (Wildman–Crippen LogP) is 4.69. The third-order valence-electron chi connectivity index (χ3n) is 3.84. The van der Waals surface area contributed by atoms with Crippen molar-refractivity contribution in [3.63, 3.8) is 0 Å². The van der Waals surface area contributed by atoms with Crippen LogP contribution in [0.25, 0.3) is 0 Å². The van der Waals surface area contributed by atoms with E-state index < -0.39 is 16.4 Å². The first-order valence-corrected chi connectivity index (χ1v) is 11.2. The minimum atomic E-state index is -4.67. The van der Waals surface area contributed by atoms with Gasteiger partial charge in [-0.1, -0.05) is 79.1 Å². The molecule has 0 saturated carbocycles. The fraction of sp³-hybridized carbons (Fsp3) is 0.944.